The molecule has 63 heavy (non-hydrogen) atoms. The van der Waals surface area contributed by atoms with Gasteiger partial charge in [-0.1, -0.05) is 39.8 Å². The summed E-state index contributed by atoms with van der Waals surface area (Å²) in [5.41, 5.74) is 5.40. The highest BCUT2D eigenvalue weighted by atomic mass is 19.3. The summed E-state index contributed by atoms with van der Waals surface area (Å²) in [4.78, 5) is 69.3. The highest BCUT2D eigenvalue weighted by Crippen LogP contribution is 2.45. The van der Waals surface area contributed by atoms with E-state index in [2.05, 4.69) is 45.9 Å². The molecule has 3 aliphatic heterocycles. The Bertz CT molecular complexity index is 2570. The number of imidazole rings is 2. The number of halogens is 3. The number of hydrogen-bond donors (Lipinski definition) is 4. The van der Waals surface area contributed by atoms with Gasteiger partial charge in [0.15, 0.2) is 6.23 Å². The minimum absolute atomic E-state index is 0.0515. The van der Waals surface area contributed by atoms with Crippen LogP contribution in [-0.2, 0) is 19.1 Å². The fraction of sp³-hybridized carbons (Fsp3) is 0.455. The molecule has 2 fully saturated rings. The van der Waals surface area contributed by atoms with Crippen LogP contribution in [0.5, 0.6) is 5.75 Å². The summed E-state index contributed by atoms with van der Waals surface area (Å²) in [6.07, 6.45) is -0.622. The van der Waals surface area contributed by atoms with Crippen molar-refractivity contribution in [1.29, 1.82) is 0 Å². The van der Waals surface area contributed by atoms with E-state index in [1.165, 1.54) is 19.1 Å². The number of benzene rings is 2. The van der Waals surface area contributed by atoms with Crippen LogP contribution in [0.2, 0.25) is 0 Å². The third kappa shape index (κ3) is 8.15. The number of carbonyl (C=O) groups excluding carboxylic acids is 4. The molecule has 0 bridgehead atoms. The van der Waals surface area contributed by atoms with Gasteiger partial charge in [-0.2, -0.15) is 0 Å². The third-order valence-electron chi connectivity index (χ3n) is 12.1. The first-order chi connectivity index (χ1) is 30.0. The van der Waals surface area contributed by atoms with E-state index in [0.29, 0.717) is 23.0 Å². The van der Waals surface area contributed by atoms with Crippen LogP contribution >= 0.6 is 0 Å². The van der Waals surface area contributed by atoms with Gasteiger partial charge in [-0.15, -0.1) is 0 Å². The number of aromatic nitrogens is 5. The lowest BCUT2D eigenvalue weighted by molar-refractivity contribution is -0.137. The van der Waals surface area contributed by atoms with Crippen LogP contribution < -0.4 is 15.4 Å². The van der Waals surface area contributed by atoms with E-state index in [9.17, 15) is 32.3 Å². The van der Waals surface area contributed by atoms with Gasteiger partial charge < -0.3 is 49.2 Å². The Kier molecular flexibility index (Phi) is 11.4. The maximum atomic E-state index is 14.9. The number of aromatic amines is 2. The Morgan fingerprint density at radius 3 is 2.00 bits per heavy atom. The molecule has 0 radical (unpaired) electrons. The van der Waals surface area contributed by atoms with Crippen molar-refractivity contribution in [2.75, 3.05) is 27.3 Å². The molecule has 4 N–H and O–H groups in total. The quantitative estimate of drug-likeness (QED) is 0.112. The number of nitrogens with zero attached hydrogens (tertiary/aromatic N) is 5. The van der Waals surface area contributed by atoms with Gasteiger partial charge in [-0.3, -0.25) is 9.59 Å². The molecule has 6 atom stereocenters. The van der Waals surface area contributed by atoms with E-state index in [4.69, 9.17) is 9.47 Å². The van der Waals surface area contributed by atoms with Crippen molar-refractivity contribution in [3.05, 3.63) is 66.5 Å². The predicted molar refractivity (Wildman–Crippen MR) is 224 cm³/mol. The second-order valence-corrected chi connectivity index (χ2v) is 17.1. The Morgan fingerprint density at radius 1 is 0.825 bits per heavy atom. The molecule has 0 spiro atoms. The summed E-state index contributed by atoms with van der Waals surface area (Å²) in [7, 11) is 2.38. The monoisotopic (exact) mass is 873 g/mol. The maximum Gasteiger partial charge on any atom is 0.407 e. The Balaban J connectivity index is 1.03. The fourth-order valence-corrected chi connectivity index (χ4v) is 8.88. The van der Waals surface area contributed by atoms with E-state index in [0.717, 1.165) is 38.2 Å². The molecule has 0 aliphatic carbocycles. The molecule has 2 saturated heterocycles. The van der Waals surface area contributed by atoms with Gasteiger partial charge in [0.2, 0.25) is 11.8 Å². The zero-order valence-electron chi connectivity index (χ0n) is 35.9. The average Bonchev–Trinajstić information content (AvgIpc) is 4.10. The zero-order chi connectivity index (χ0) is 45.1. The molecule has 334 valence electrons. The van der Waals surface area contributed by atoms with Crippen LogP contribution in [0.4, 0.5) is 22.8 Å². The van der Waals surface area contributed by atoms with Gasteiger partial charge >= 0.3 is 12.2 Å². The molecule has 3 aliphatic rings. The molecular formula is C44H50F3N9O7. The number of hydrogen-bond acceptors (Lipinski definition) is 9. The smallest absolute Gasteiger partial charge is 0.407 e. The van der Waals surface area contributed by atoms with Crippen LogP contribution in [0, 0.1) is 11.8 Å². The van der Waals surface area contributed by atoms with Gasteiger partial charge in [-0.05, 0) is 49.1 Å². The Morgan fingerprint density at radius 2 is 1.40 bits per heavy atom. The summed E-state index contributed by atoms with van der Waals surface area (Å²) >= 11 is 0. The molecule has 1 unspecified atom stereocenters. The number of amides is 4. The fourth-order valence-electron chi connectivity index (χ4n) is 8.88. The van der Waals surface area contributed by atoms with Gasteiger partial charge in [0.05, 0.1) is 74.4 Å². The Labute approximate surface area is 360 Å². The number of methoxy groups -OCH3 is 2. The van der Waals surface area contributed by atoms with Crippen LogP contribution in [0.1, 0.15) is 77.4 Å². The summed E-state index contributed by atoms with van der Waals surface area (Å²) in [6, 6.07) is 9.96. The summed E-state index contributed by atoms with van der Waals surface area (Å²) in [6.45, 7) is 8.00. The summed E-state index contributed by atoms with van der Waals surface area (Å²) < 4.78 is 62.7. The van der Waals surface area contributed by atoms with E-state index in [-0.39, 0.29) is 24.7 Å². The minimum Gasteiger partial charge on any atom is -0.470 e. The first-order valence-electron chi connectivity index (χ1n) is 20.8. The number of fused-ring (bicyclic) bond motifs is 5. The predicted octanol–water partition coefficient (Wildman–Crippen LogP) is 7.28. The molecule has 8 rings (SSSR count). The van der Waals surface area contributed by atoms with Gasteiger partial charge in [0.25, 0.3) is 5.92 Å². The largest absolute Gasteiger partial charge is 0.470 e. The molecule has 4 amide bonds. The van der Waals surface area contributed by atoms with Crippen molar-refractivity contribution in [2.45, 2.75) is 89.9 Å². The van der Waals surface area contributed by atoms with Crippen LogP contribution in [0.3, 0.4) is 0 Å². The van der Waals surface area contributed by atoms with E-state index >= 15 is 0 Å². The highest BCUT2D eigenvalue weighted by Gasteiger charge is 2.50. The third-order valence-corrected chi connectivity index (χ3v) is 12.1. The topological polar surface area (TPSA) is 189 Å². The lowest BCUT2D eigenvalue weighted by atomic mass is 10.0. The maximum absolute atomic E-state index is 14.9. The van der Waals surface area contributed by atoms with Crippen LogP contribution in [0.15, 0.2) is 54.9 Å². The number of ether oxygens (including phenoxy) is 3. The first-order valence-corrected chi connectivity index (χ1v) is 20.8. The van der Waals surface area contributed by atoms with Gasteiger partial charge in [-0.25, -0.2) is 32.7 Å². The average molecular weight is 874 g/mol. The summed E-state index contributed by atoms with van der Waals surface area (Å²) in [5, 5.41) is 5.95. The number of H-pyrrole nitrogens is 2. The number of likely N-dealkylation sites (tertiary alicyclic amines) is 2. The highest BCUT2D eigenvalue weighted by molar-refractivity contribution is 5.92. The molecule has 5 aromatic rings. The lowest BCUT2D eigenvalue weighted by Crippen LogP contribution is -2.51. The van der Waals surface area contributed by atoms with Crippen molar-refractivity contribution in [3.63, 3.8) is 0 Å². The molecule has 16 nitrogen and oxygen atoms in total. The molecule has 6 heterocycles. The zero-order valence-corrected chi connectivity index (χ0v) is 35.9. The van der Waals surface area contributed by atoms with Gasteiger partial charge in [0, 0.05) is 34.9 Å². The lowest BCUT2D eigenvalue weighted by Gasteiger charge is -2.29. The molecular weight excluding hydrogens is 824 g/mol. The van der Waals surface area contributed by atoms with Crippen LogP contribution in [0.25, 0.3) is 44.7 Å². The Hall–Kier alpha value is -6.53. The second kappa shape index (κ2) is 16.6. The SMILES string of the molecule is COC(=O)N[C@H](C(=O)N1C[C@@H](F)C[C@H]1c1ncc(-c2ccc3c(c2)OC(C)n2c-3cc3cc(-c4cnc([C@@H]5CC(F)(F)CN5C(=O)[C@@H](NC(=O)OC)C(C)C)[nH]4)ccc32)[nH]1)C(C)C. The molecule has 19 heteroatoms. The van der Waals surface area contributed by atoms with Crippen molar-refractivity contribution >= 4 is 34.9 Å². The van der Waals surface area contributed by atoms with E-state index < -0.39 is 85.4 Å². The van der Waals surface area contributed by atoms with Crippen molar-refractivity contribution in [2.24, 2.45) is 11.8 Å². The summed E-state index contributed by atoms with van der Waals surface area (Å²) in [5.74, 6) is -3.64. The molecule has 0 saturated carbocycles. The second-order valence-electron chi connectivity index (χ2n) is 17.1. The van der Waals surface area contributed by atoms with E-state index in [1.54, 1.807) is 40.1 Å². The molecule has 3 aromatic heterocycles. The number of alkyl halides is 3. The van der Waals surface area contributed by atoms with Crippen molar-refractivity contribution in [1.82, 2.24) is 44.9 Å². The van der Waals surface area contributed by atoms with Crippen LogP contribution in [-0.4, -0.2) is 110 Å². The first kappa shape index (κ1) is 43.1. The minimum atomic E-state index is -3.16. The van der Waals surface area contributed by atoms with Crippen molar-refractivity contribution in [3.8, 4) is 39.5 Å². The number of nitrogens with one attached hydrogen (secondary N) is 4. The van der Waals surface area contributed by atoms with Crippen molar-refractivity contribution < 1.29 is 46.6 Å². The molecule has 2 aromatic carbocycles. The number of alkyl carbamates (subject to hydrolysis) is 2. The normalized spacial score (nSPS) is 21.2. The standard InChI is InChI=1S/C44H50F3N9O7/c1-21(2)36(52-42(59)61-6)40(57)54-19-27(45)15-33(54)38-48-18-30(50-38)25-8-10-28-32-13-26-12-24(9-11-31(26)56(32)23(5)63-35(28)14-25)29-17-49-39(51-29)34-16-44(46,47)20-55(34)41(58)37(22(3)4)53-43(60)62-7/h8-14,17-18,21-23,27,33-34,36-37H,15-16,19-20H2,1-7H3,(H,48,50)(H,49,51)(H,52,59)(H,53,60)/t23?,27-,33-,34-,36-,37-/m0/s1. The number of rotatable bonds is 10. The van der Waals surface area contributed by atoms with E-state index in [1.807, 2.05) is 43.3 Å². The van der Waals surface area contributed by atoms with Gasteiger partial charge in [0.1, 0.15) is 35.7 Å². The number of carbonyl (C=O) groups is 4.